The monoisotopic (exact) mass is 533 g/mol. The van der Waals surface area contributed by atoms with Crippen molar-refractivity contribution in [2.75, 3.05) is 18.9 Å². The van der Waals surface area contributed by atoms with Crippen LogP contribution in [0.25, 0.3) is 22.7 Å². The fourth-order valence-corrected chi connectivity index (χ4v) is 5.45. The first-order chi connectivity index (χ1) is 18.3. The van der Waals surface area contributed by atoms with Crippen LogP contribution in [0.2, 0.25) is 0 Å². The third kappa shape index (κ3) is 4.54. The van der Waals surface area contributed by atoms with Crippen molar-refractivity contribution in [2.45, 2.75) is 25.0 Å². The first kappa shape index (κ1) is 25.2. The van der Waals surface area contributed by atoms with Gasteiger partial charge in [0.2, 0.25) is 16.0 Å². The van der Waals surface area contributed by atoms with Crippen LogP contribution in [0.4, 0.5) is 5.95 Å². The average molecular weight is 534 g/mol. The van der Waals surface area contributed by atoms with E-state index >= 15 is 0 Å². The molecule has 5 aromatic rings. The standard InChI is InChI=1S/C26H27N7O4S/c1-17(20-16-32-14-6-5-12-23(32)28-20)18(2)38(34,35)31-26-30-29-25(19-9-8-13-27-15-19)33(26)24-21(36-3)10-7-11-22(24)37-4/h5-18H,1-4H3,(H,30,31)/t17-,18+/m1/s1. The predicted octanol–water partition coefficient (Wildman–Crippen LogP) is 3.93. The summed E-state index contributed by atoms with van der Waals surface area (Å²) < 4.78 is 44.6. The number of aromatic nitrogens is 6. The van der Waals surface area contributed by atoms with Crippen LogP contribution in [0.15, 0.2) is 73.3 Å². The molecule has 2 atom stereocenters. The highest BCUT2D eigenvalue weighted by atomic mass is 32.2. The topological polar surface area (TPSA) is 126 Å². The molecular formula is C26H27N7O4S. The Kier molecular flexibility index (Phi) is 6.72. The number of nitrogens with zero attached hydrogens (tertiary/aromatic N) is 6. The number of imidazole rings is 1. The van der Waals surface area contributed by atoms with Crippen LogP contribution in [0, 0.1) is 0 Å². The van der Waals surface area contributed by atoms with Gasteiger partial charge in [0, 0.05) is 36.3 Å². The minimum absolute atomic E-state index is 0.0132. The first-order valence-corrected chi connectivity index (χ1v) is 13.4. The number of pyridine rings is 2. The van der Waals surface area contributed by atoms with Gasteiger partial charge in [-0.05, 0) is 43.3 Å². The summed E-state index contributed by atoms with van der Waals surface area (Å²) in [5.74, 6) is 0.824. The Morgan fingerprint density at radius 1 is 0.947 bits per heavy atom. The Hall–Kier alpha value is -4.45. The molecule has 1 aromatic carbocycles. The van der Waals surface area contributed by atoms with Crippen LogP contribution in [-0.2, 0) is 10.0 Å². The molecule has 38 heavy (non-hydrogen) atoms. The van der Waals surface area contributed by atoms with Crippen LogP contribution in [0.1, 0.15) is 25.5 Å². The lowest BCUT2D eigenvalue weighted by Gasteiger charge is -2.21. The Morgan fingerprint density at radius 2 is 1.71 bits per heavy atom. The number of methoxy groups -OCH3 is 2. The normalized spacial score (nSPS) is 13.3. The second-order valence-electron chi connectivity index (χ2n) is 8.71. The van der Waals surface area contributed by atoms with E-state index in [1.54, 1.807) is 48.1 Å². The van der Waals surface area contributed by atoms with Crippen LogP contribution in [-0.4, -0.2) is 57.0 Å². The van der Waals surface area contributed by atoms with Crippen molar-refractivity contribution in [3.8, 4) is 28.6 Å². The van der Waals surface area contributed by atoms with E-state index < -0.39 is 21.2 Å². The second kappa shape index (κ2) is 10.1. The minimum Gasteiger partial charge on any atom is -0.494 e. The fraction of sp³-hybridized carbons (Fsp3) is 0.231. The first-order valence-electron chi connectivity index (χ1n) is 11.9. The number of nitrogens with one attached hydrogen (secondary N) is 1. The maximum atomic E-state index is 13.7. The molecule has 0 aliphatic heterocycles. The summed E-state index contributed by atoms with van der Waals surface area (Å²) in [4.78, 5) is 8.78. The summed E-state index contributed by atoms with van der Waals surface area (Å²) >= 11 is 0. The van der Waals surface area contributed by atoms with Crippen molar-refractivity contribution in [3.05, 3.63) is 79.0 Å². The quantitative estimate of drug-likeness (QED) is 0.302. The van der Waals surface area contributed by atoms with E-state index in [4.69, 9.17) is 9.47 Å². The molecule has 0 bridgehead atoms. The third-order valence-electron chi connectivity index (χ3n) is 6.48. The van der Waals surface area contributed by atoms with Gasteiger partial charge in [-0.1, -0.05) is 19.1 Å². The van der Waals surface area contributed by atoms with Crippen LogP contribution >= 0.6 is 0 Å². The highest BCUT2D eigenvalue weighted by molar-refractivity contribution is 7.93. The molecule has 196 valence electrons. The van der Waals surface area contributed by atoms with E-state index in [1.165, 1.54) is 14.2 Å². The van der Waals surface area contributed by atoms with Crippen LogP contribution in [0.3, 0.4) is 0 Å². The summed E-state index contributed by atoms with van der Waals surface area (Å²) in [5, 5.41) is 7.68. The lowest BCUT2D eigenvalue weighted by molar-refractivity contribution is 0.391. The lowest BCUT2D eigenvalue weighted by atomic mass is 10.1. The maximum absolute atomic E-state index is 13.7. The molecule has 1 N–H and O–H groups in total. The number of para-hydroxylation sites is 1. The number of benzene rings is 1. The molecule has 0 saturated heterocycles. The molecule has 0 unspecified atom stereocenters. The van der Waals surface area contributed by atoms with Crippen molar-refractivity contribution in [1.29, 1.82) is 0 Å². The number of fused-ring (bicyclic) bond motifs is 1. The van der Waals surface area contributed by atoms with Gasteiger partial charge in [0.1, 0.15) is 22.8 Å². The summed E-state index contributed by atoms with van der Waals surface area (Å²) in [6.45, 7) is 3.48. The van der Waals surface area contributed by atoms with Gasteiger partial charge in [-0.25, -0.2) is 13.4 Å². The summed E-state index contributed by atoms with van der Waals surface area (Å²) in [6, 6.07) is 14.5. The molecular weight excluding hydrogens is 506 g/mol. The Morgan fingerprint density at radius 3 is 2.37 bits per heavy atom. The maximum Gasteiger partial charge on any atom is 0.243 e. The van der Waals surface area contributed by atoms with E-state index in [9.17, 15) is 8.42 Å². The predicted molar refractivity (Wildman–Crippen MR) is 143 cm³/mol. The van der Waals surface area contributed by atoms with Gasteiger partial charge in [-0.3, -0.25) is 14.3 Å². The van der Waals surface area contributed by atoms with Gasteiger partial charge in [0.15, 0.2) is 5.82 Å². The summed E-state index contributed by atoms with van der Waals surface area (Å²) in [6.07, 6.45) is 6.97. The van der Waals surface area contributed by atoms with Gasteiger partial charge < -0.3 is 13.9 Å². The van der Waals surface area contributed by atoms with E-state index in [1.807, 2.05) is 48.0 Å². The van der Waals surface area contributed by atoms with Crippen molar-refractivity contribution >= 4 is 21.6 Å². The van der Waals surface area contributed by atoms with E-state index in [-0.39, 0.29) is 5.95 Å². The SMILES string of the molecule is COc1cccc(OC)c1-n1c(NS(=O)(=O)[C@@H](C)[C@@H](C)c2cn3ccccc3n2)nnc1-c1cccnc1. The summed E-state index contributed by atoms with van der Waals surface area (Å²) in [5.41, 5.74) is 2.48. The molecule has 0 amide bonds. The number of sulfonamides is 1. The third-order valence-corrected chi connectivity index (χ3v) is 8.34. The number of hydrogen-bond donors (Lipinski definition) is 1. The van der Waals surface area contributed by atoms with Gasteiger partial charge in [0.25, 0.3) is 0 Å². The van der Waals surface area contributed by atoms with Gasteiger partial charge in [-0.2, -0.15) is 0 Å². The molecule has 4 aromatic heterocycles. The molecule has 0 aliphatic rings. The van der Waals surface area contributed by atoms with Gasteiger partial charge >= 0.3 is 0 Å². The minimum atomic E-state index is -3.96. The highest BCUT2D eigenvalue weighted by Gasteiger charge is 2.32. The zero-order valence-corrected chi connectivity index (χ0v) is 22.1. The highest BCUT2D eigenvalue weighted by Crippen LogP contribution is 2.38. The number of hydrogen-bond acceptors (Lipinski definition) is 8. The van der Waals surface area contributed by atoms with E-state index in [0.29, 0.717) is 34.3 Å². The van der Waals surface area contributed by atoms with Gasteiger partial charge in [-0.15, -0.1) is 10.2 Å². The smallest absolute Gasteiger partial charge is 0.243 e. The number of ether oxygens (including phenoxy) is 2. The number of rotatable bonds is 9. The largest absolute Gasteiger partial charge is 0.494 e. The van der Waals surface area contributed by atoms with E-state index in [2.05, 4.69) is 24.9 Å². The molecule has 0 radical (unpaired) electrons. The van der Waals surface area contributed by atoms with Crippen LogP contribution < -0.4 is 14.2 Å². The molecule has 0 spiro atoms. The Labute approximate surface area is 220 Å². The Balaban J connectivity index is 1.58. The molecule has 0 fully saturated rings. The molecule has 0 saturated carbocycles. The number of anilines is 1. The van der Waals surface area contributed by atoms with Crippen molar-refractivity contribution < 1.29 is 17.9 Å². The Bertz CT molecular complexity index is 1630. The van der Waals surface area contributed by atoms with E-state index in [0.717, 1.165) is 5.65 Å². The lowest BCUT2D eigenvalue weighted by Crippen LogP contribution is -2.31. The fourth-order valence-electron chi connectivity index (χ4n) is 4.20. The van der Waals surface area contributed by atoms with Crippen molar-refractivity contribution in [1.82, 2.24) is 29.1 Å². The van der Waals surface area contributed by atoms with Crippen LogP contribution in [0.5, 0.6) is 11.5 Å². The van der Waals surface area contributed by atoms with Crippen molar-refractivity contribution in [2.24, 2.45) is 0 Å². The summed E-state index contributed by atoms with van der Waals surface area (Å²) in [7, 11) is -0.911. The molecule has 12 heteroatoms. The van der Waals surface area contributed by atoms with Gasteiger partial charge in [0.05, 0.1) is 25.2 Å². The molecule has 0 aliphatic carbocycles. The molecule has 5 rings (SSSR count). The average Bonchev–Trinajstić information content (AvgIpc) is 3.56. The zero-order valence-electron chi connectivity index (χ0n) is 21.3. The molecule has 11 nitrogen and oxygen atoms in total. The van der Waals surface area contributed by atoms with Crippen molar-refractivity contribution in [3.63, 3.8) is 0 Å². The second-order valence-corrected chi connectivity index (χ2v) is 10.7. The zero-order chi connectivity index (χ0) is 26.9. The molecule has 4 heterocycles.